The summed E-state index contributed by atoms with van der Waals surface area (Å²) in [6.07, 6.45) is -7.37. The van der Waals surface area contributed by atoms with E-state index in [2.05, 4.69) is 0 Å². The van der Waals surface area contributed by atoms with Gasteiger partial charge in [0, 0.05) is 0 Å². The summed E-state index contributed by atoms with van der Waals surface area (Å²) in [7, 11) is 0. The fourth-order valence-corrected chi connectivity index (χ4v) is 4.13. The minimum absolute atomic E-state index is 0.0616. The minimum Gasteiger partial charge on any atom is -0.382 e. The van der Waals surface area contributed by atoms with Gasteiger partial charge in [0.25, 0.3) is 0 Å². The van der Waals surface area contributed by atoms with E-state index in [-0.39, 0.29) is 13.2 Å². The summed E-state index contributed by atoms with van der Waals surface area (Å²) in [4.78, 5) is 49.5. The molecule has 2 saturated heterocycles. The van der Waals surface area contributed by atoms with Crippen LogP contribution in [-0.2, 0) is 38.1 Å². The van der Waals surface area contributed by atoms with Crippen molar-refractivity contribution in [3.8, 4) is 0 Å². The maximum Gasteiger partial charge on any atom is 0.213 e. The van der Waals surface area contributed by atoms with Crippen LogP contribution < -0.4 is 0 Å². The number of hydrogen-bond acceptors (Lipinski definition) is 12. The molecule has 0 aliphatic carbocycles. The van der Waals surface area contributed by atoms with Crippen LogP contribution >= 0.6 is 0 Å². The molecule has 0 radical (unpaired) electrons. The zero-order valence-corrected chi connectivity index (χ0v) is 18.8. The molecular formula is C20H30O12. The van der Waals surface area contributed by atoms with Gasteiger partial charge in [-0.1, -0.05) is 0 Å². The van der Waals surface area contributed by atoms with Gasteiger partial charge in [0.05, 0.1) is 13.2 Å². The van der Waals surface area contributed by atoms with Crippen LogP contribution in [0.4, 0.5) is 0 Å². The van der Waals surface area contributed by atoms with E-state index in [1.165, 1.54) is 0 Å². The zero-order chi connectivity index (χ0) is 24.9. The number of aliphatic hydroxyl groups is 4. The highest BCUT2D eigenvalue weighted by molar-refractivity contribution is 6.05. The number of aliphatic hydroxyl groups excluding tert-OH is 1. The fraction of sp³-hybridized carbons (Fsp3) is 0.800. The molecule has 0 saturated carbocycles. The van der Waals surface area contributed by atoms with Crippen molar-refractivity contribution in [2.75, 3.05) is 13.2 Å². The van der Waals surface area contributed by atoms with Crippen LogP contribution in [0.2, 0.25) is 0 Å². The molecule has 0 amide bonds. The molecule has 0 aromatic rings. The predicted molar refractivity (Wildman–Crippen MR) is 103 cm³/mol. The van der Waals surface area contributed by atoms with Crippen molar-refractivity contribution in [1.82, 2.24) is 0 Å². The van der Waals surface area contributed by atoms with Crippen LogP contribution in [0.5, 0.6) is 0 Å². The van der Waals surface area contributed by atoms with Crippen LogP contribution in [0.1, 0.15) is 41.5 Å². The lowest BCUT2D eigenvalue weighted by Crippen LogP contribution is -2.87. The summed E-state index contributed by atoms with van der Waals surface area (Å²) < 4.78 is 21.8. The smallest absolute Gasteiger partial charge is 0.213 e. The highest BCUT2D eigenvalue weighted by atomic mass is 16.8. The van der Waals surface area contributed by atoms with E-state index in [1.54, 1.807) is 13.8 Å². The topological polar surface area (TPSA) is 186 Å². The van der Waals surface area contributed by atoms with Crippen molar-refractivity contribution in [2.45, 2.75) is 88.7 Å². The normalized spacial score (nSPS) is 40.0. The molecule has 182 valence electrons. The standard InChI is InChI=1S/C20H30O12/c1-9(21)14(25)15-18(26,10(2)22)20(28,12(4)24)19(27,11(3)23)16(31-15)29-7-13-8-30-17(5,6)32-13/h13-16,25-28H,7-8H2,1-6H3/t13?,14?,15-,16-,18-,19+,20+/m1/s1. The molecule has 0 spiro atoms. The molecule has 7 atom stereocenters. The van der Waals surface area contributed by atoms with E-state index in [0.717, 1.165) is 27.7 Å². The van der Waals surface area contributed by atoms with Gasteiger partial charge in [-0.3, -0.25) is 19.2 Å². The number of ketones is 4. The summed E-state index contributed by atoms with van der Waals surface area (Å²) in [6, 6.07) is 0. The van der Waals surface area contributed by atoms with E-state index in [4.69, 9.17) is 18.9 Å². The SMILES string of the molecule is CC(=O)C(O)[C@H]1O[C@@H](OCC2COC(C)(C)O2)[C@@](O)(C(C)=O)[C@](O)(C(C)=O)[C@@]1(O)C(C)=O. The monoisotopic (exact) mass is 462 g/mol. The third-order valence-electron chi connectivity index (χ3n) is 5.91. The number of carbonyl (C=O) groups excluding carboxylic acids is 4. The lowest BCUT2D eigenvalue weighted by atomic mass is 9.60. The van der Waals surface area contributed by atoms with Crippen LogP contribution in [0.25, 0.3) is 0 Å². The highest BCUT2D eigenvalue weighted by Crippen LogP contribution is 2.48. The lowest BCUT2D eigenvalue weighted by Gasteiger charge is -2.58. The van der Waals surface area contributed by atoms with Crippen LogP contribution in [0.15, 0.2) is 0 Å². The van der Waals surface area contributed by atoms with Gasteiger partial charge < -0.3 is 39.4 Å². The van der Waals surface area contributed by atoms with E-state index >= 15 is 0 Å². The van der Waals surface area contributed by atoms with E-state index in [0.29, 0.717) is 0 Å². The Morgan fingerprint density at radius 2 is 1.50 bits per heavy atom. The lowest BCUT2D eigenvalue weighted by molar-refractivity contribution is -0.374. The fourth-order valence-electron chi connectivity index (χ4n) is 4.13. The first kappa shape index (κ1) is 26.6. The van der Waals surface area contributed by atoms with E-state index in [9.17, 15) is 39.6 Å². The first-order valence-corrected chi connectivity index (χ1v) is 9.94. The molecule has 12 heteroatoms. The second-order valence-corrected chi connectivity index (χ2v) is 8.64. The first-order valence-electron chi connectivity index (χ1n) is 9.94. The van der Waals surface area contributed by atoms with Gasteiger partial charge in [-0.15, -0.1) is 0 Å². The van der Waals surface area contributed by atoms with Crippen LogP contribution in [0, 0.1) is 0 Å². The molecule has 2 rings (SSSR count). The Kier molecular flexibility index (Phi) is 7.16. The van der Waals surface area contributed by atoms with Crippen molar-refractivity contribution in [2.24, 2.45) is 0 Å². The Balaban J connectivity index is 2.61. The van der Waals surface area contributed by atoms with E-state index in [1.807, 2.05) is 0 Å². The Labute approximate surface area is 184 Å². The quantitative estimate of drug-likeness (QED) is 0.305. The summed E-state index contributed by atoms with van der Waals surface area (Å²) in [5, 5.41) is 44.2. The molecule has 2 heterocycles. The van der Waals surface area contributed by atoms with Gasteiger partial charge in [-0.2, -0.15) is 0 Å². The Morgan fingerprint density at radius 1 is 0.969 bits per heavy atom. The first-order chi connectivity index (χ1) is 14.5. The zero-order valence-electron chi connectivity index (χ0n) is 18.8. The maximum atomic E-state index is 12.6. The molecule has 0 aromatic carbocycles. The summed E-state index contributed by atoms with van der Waals surface area (Å²) in [5.41, 5.74) is -10.2. The van der Waals surface area contributed by atoms with Gasteiger partial charge in [0.15, 0.2) is 40.8 Å². The van der Waals surface area contributed by atoms with Gasteiger partial charge in [0.2, 0.25) is 11.2 Å². The maximum absolute atomic E-state index is 12.6. The summed E-state index contributed by atoms with van der Waals surface area (Å²) >= 11 is 0. The molecule has 4 N–H and O–H groups in total. The summed E-state index contributed by atoms with van der Waals surface area (Å²) in [5.74, 6) is -5.94. The van der Waals surface area contributed by atoms with Crippen molar-refractivity contribution in [1.29, 1.82) is 0 Å². The molecular weight excluding hydrogens is 432 g/mol. The Bertz CT molecular complexity index is 808. The molecule has 32 heavy (non-hydrogen) atoms. The van der Waals surface area contributed by atoms with Gasteiger partial charge >= 0.3 is 0 Å². The average molecular weight is 462 g/mol. The minimum atomic E-state index is -3.53. The number of rotatable bonds is 8. The number of hydrogen-bond donors (Lipinski definition) is 4. The third kappa shape index (κ3) is 3.84. The van der Waals surface area contributed by atoms with Crippen molar-refractivity contribution in [3.05, 3.63) is 0 Å². The Morgan fingerprint density at radius 3 is 1.88 bits per heavy atom. The number of carbonyl (C=O) groups is 4. The predicted octanol–water partition coefficient (Wildman–Crippen LogP) is -2.21. The van der Waals surface area contributed by atoms with Crippen molar-refractivity contribution < 1.29 is 58.6 Å². The molecule has 2 unspecified atom stereocenters. The van der Waals surface area contributed by atoms with Crippen LogP contribution in [-0.4, -0.2) is 104 Å². The molecule has 2 fully saturated rings. The molecule has 12 nitrogen and oxygen atoms in total. The van der Waals surface area contributed by atoms with E-state index < -0.39 is 70.3 Å². The van der Waals surface area contributed by atoms with Gasteiger partial charge in [-0.25, -0.2) is 0 Å². The Hall–Kier alpha value is -1.64. The van der Waals surface area contributed by atoms with Crippen molar-refractivity contribution >= 4 is 23.1 Å². The number of Topliss-reactive ketones (excluding diaryl/α,β-unsaturated/α-hetero) is 4. The molecule has 2 aliphatic rings. The molecule has 2 aliphatic heterocycles. The number of ether oxygens (including phenoxy) is 4. The second-order valence-electron chi connectivity index (χ2n) is 8.64. The van der Waals surface area contributed by atoms with Crippen LogP contribution in [0.3, 0.4) is 0 Å². The average Bonchev–Trinajstić information content (AvgIpc) is 3.02. The van der Waals surface area contributed by atoms with Gasteiger partial charge in [-0.05, 0) is 41.5 Å². The largest absolute Gasteiger partial charge is 0.382 e. The summed E-state index contributed by atoms with van der Waals surface area (Å²) in [6.45, 7) is 6.12. The third-order valence-corrected chi connectivity index (χ3v) is 5.91. The second kappa shape index (κ2) is 8.61. The molecule has 0 aromatic heterocycles. The molecule has 0 bridgehead atoms. The van der Waals surface area contributed by atoms with Crippen molar-refractivity contribution in [3.63, 3.8) is 0 Å². The highest BCUT2D eigenvalue weighted by Gasteiger charge is 2.79. The van der Waals surface area contributed by atoms with Gasteiger partial charge in [0.1, 0.15) is 18.3 Å².